The molecule has 1 fully saturated rings. The van der Waals surface area contributed by atoms with Gasteiger partial charge in [-0.3, -0.25) is 14.6 Å². The molecule has 0 bridgehead atoms. The topological polar surface area (TPSA) is 118 Å². The van der Waals surface area contributed by atoms with Gasteiger partial charge in [0.2, 0.25) is 21.8 Å². The Morgan fingerprint density at radius 3 is 2.25 bits per heavy atom. The second-order valence-corrected chi connectivity index (χ2v) is 9.33. The predicted molar refractivity (Wildman–Crippen MR) is 118 cm³/mol. The molecule has 1 aromatic heterocycles. The fourth-order valence-electron chi connectivity index (χ4n) is 3.22. The van der Waals surface area contributed by atoms with Crippen LogP contribution in [0.4, 0.5) is 0 Å². The fraction of sp³-hybridized carbons (Fsp3) is 0.409. The number of ether oxygens (including phenoxy) is 1. The first-order chi connectivity index (χ1) is 15.4. The molecule has 32 heavy (non-hydrogen) atoms. The number of hydrogen-bond acceptors (Lipinski definition) is 6. The largest absolute Gasteiger partial charge is 0.379 e. The van der Waals surface area contributed by atoms with E-state index in [1.165, 1.54) is 4.31 Å². The van der Waals surface area contributed by atoms with Crippen molar-refractivity contribution in [2.75, 3.05) is 32.8 Å². The standard InChI is InChI=1S/C22H28N4O5S/c27-21(24-12-9-22(28)25-17-19-7-10-23-11-8-19)6-3-18-1-4-20(5-2-18)32(29,30)26-13-15-31-16-14-26/h1-2,4-5,7-8,10-11H,3,6,9,12-17H2,(H,24,27)(H,25,28). The van der Waals surface area contributed by atoms with Crippen molar-refractivity contribution >= 4 is 21.8 Å². The highest BCUT2D eigenvalue weighted by Crippen LogP contribution is 2.18. The minimum atomic E-state index is -3.52. The molecule has 0 spiro atoms. The van der Waals surface area contributed by atoms with Gasteiger partial charge in [0.25, 0.3) is 0 Å². The average Bonchev–Trinajstić information content (AvgIpc) is 2.83. The zero-order valence-corrected chi connectivity index (χ0v) is 18.6. The second-order valence-electron chi connectivity index (χ2n) is 7.39. The van der Waals surface area contributed by atoms with Gasteiger partial charge in [-0.15, -0.1) is 0 Å². The Morgan fingerprint density at radius 1 is 0.906 bits per heavy atom. The molecular weight excluding hydrogens is 432 g/mol. The molecule has 2 heterocycles. The van der Waals surface area contributed by atoms with Crippen LogP contribution >= 0.6 is 0 Å². The van der Waals surface area contributed by atoms with Crippen LogP contribution in [0.15, 0.2) is 53.7 Å². The molecule has 2 amide bonds. The van der Waals surface area contributed by atoms with E-state index in [-0.39, 0.29) is 36.1 Å². The lowest BCUT2D eigenvalue weighted by molar-refractivity contribution is -0.122. The van der Waals surface area contributed by atoms with Crippen LogP contribution in [0.25, 0.3) is 0 Å². The van der Waals surface area contributed by atoms with E-state index in [0.29, 0.717) is 39.3 Å². The summed E-state index contributed by atoms with van der Waals surface area (Å²) in [6, 6.07) is 10.3. The third kappa shape index (κ3) is 7.11. The molecule has 9 nitrogen and oxygen atoms in total. The number of carbonyl (C=O) groups excluding carboxylic acids is 2. The summed E-state index contributed by atoms with van der Waals surface area (Å²) in [6.07, 6.45) is 4.27. The molecule has 0 unspecified atom stereocenters. The molecule has 172 valence electrons. The highest BCUT2D eigenvalue weighted by Gasteiger charge is 2.26. The van der Waals surface area contributed by atoms with E-state index in [1.807, 2.05) is 12.1 Å². The zero-order chi connectivity index (χ0) is 22.8. The molecular formula is C22H28N4O5S. The molecule has 10 heteroatoms. The number of carbonyl (C=O) groups is 2. The number of amides is 2. The zero-order valence-electron chi connectivity index (χ0n) is 17.8. The quantitative estimate of drug-likeness (QED) is 0.543. The maximum absolute atomic E-state index is 12.6. The van der Waals surface area contributed by atoms with E-state index in [1.54, 1.807) is 36.7 Å². The minimum Gasteiger partial charge on any atom is -0.379 e. The van der Waals surface area contributed by atoms with Crippen LogP contribution in [0.2, 0.25) is 0 Å². The van der Waals surface area contributed by atoms with Gasteiger partial charge in [0, 0.05) is 51.4 Å². The summed E-state index contributed by atoms with van der Waals surface area (Å²) >= 11 is 0. The lowest BCUT2D eigenvalue weighted by atomic mass is 10.1. The smallest absolute Gasteiger partial charge is 0.243 e. The van der Waals surface area contributed by atoms with Crippen molar-refractivity contribution in [1.82, 2.24) is 19.9 Å². The molecule has 3 rings (SSSR count). The maximum atomic E-state index is 12.6. The molecule has 0 atom stereocenters. The van der Waals surface area contributed by atoms with Gasteiger partial charge < -0.3 is 15.4 Å². The first-order valence-corrected chi connectivity index (χ1v) is 12.0. The molecule has 2 aromatic rings. The Hall–Kier alpha value is -2.82. The van der Waals surface area contributed by atoms with Gasteiger partial charge in [0.1, 0.15) is 0 Å². The van der Waals surface area contributed by atoms with E-state index in [0.717, 1.165) is 11.1 Å². The lowest BCUT2D eigenvalue weighted by Crippen LogP contribution is -2.40. The Kier molecular flexibility index (Phi) is 8.72. The van der Waals surface area contributed by atoms with Gasteiger partial charge in [0.05, 0.1) is 18.1 Å². The predicted octanol–water partition coefficient (Wildman–Crippen LogP) is 0.858. The number of hydrogen-bond donors (Lipinski definition) is 2. The molecule has 0 aliphatic carbocycles. The summed E-state index contributed by atoms with van der Waals surface area (Å²) in [7, 11) is -3.52. The molecule has 1 aliphatic rings. The number of pyridine rings is 1. The van der Waals surface area contributed by atoms with Crippen molar-refractivity contribution < 1.29 is 22.7 Å². The second kappa shape index (κ2) is 11.7. The molecule has 0 radical (unpaired) electrons. The first kappa shape index (κ1) is 23.8. The molecule has 1 saturated heterocycles. The summed E-state index contributed by atoms with van der Waals surface area (Å²) in [5.74, 6) is -0.295. The Morgan fingerprint density at radius 2 is 1.56 bits per heavy atom. The third-order valence-electron chi connectivity index (χ3n) is 5.09. The van der Waals surface area contributed by atoms with Gasteiger partial charge in [-0.05, 0) is 41.8 Å². The lowest BCUT2D eigenvalue weighted by Gasteiger charge is -2.26. The highest BCUT2D eigenvalue weighted by atomic mass is 32.2. The third-order valence-corrected chi connectivity index (χ3v) is 7.00. The Labute approximate surface area is 188 Å². The summed E-state index contributed by atoms with van der Waals surface area (Å²) in [5, 5.41) is 5.53. The number of morpholine rings is 1. The minimum absolute atomic E-state index is 0.140. The van der Waals surface area contributed by atoms with Crippen molar-refractivity contribution in [3.05, 3.63) is 59.9 Å². The Balaban J connectivity index is 1.36. The van der Waals surface area contributed by atoms with Crippen LogP contribution in [0, 0.1) is 0 Å². The number of sulfonamides is 1. The summed E-state index contributed by atoms with van der Waals surface area (Å²) in [5.41, 5.74) is 1.83. The summed E-state index contributed by atoms with van der Waals surface area (Å²) < 4.78 is 31.9. The molecule has 2 N–H and O–H groups in total. The summed E-state index contributed by atoms with van der Waals surface area (Å²) in [6.45, 7) is 2.19. The fourth-order valence-corrected chi connectivity index (χ4v) is 4.62. The van der Waals surface area contributed by atoms with E-state index in [4.69, 9.17) is 4.74 Å². The Bertz CT molecular complexity index is 991. The van der Waals surface area contributed by atoms with Crippen molar-refractivity contribution in [2.24, 2.45) is 0 Å². The van der Waals surface area contributed by atoms with Gasteiger partial charge in [-0.25, -0.2) is 8.42 Å². The highest BCUT2D eigenvalue weighted by molar-refractivity contribution is 7.89. The molecule has 1 aromatic carbocycles. The van der Waals surface area contributed by atoms with E-state index >= 15 is 0 Å². The van der Waals surface area contributed by atoms with Crippen molar-refractivity contribution in [3.63, 3.8) is 0 Å². The van der Waals surface area contributed by atoms with Crippen LogP contribution in [0.5, 0.6) is 0 Å². The number of rotatable bonds is 10. The van der Waals surface area contributed by atoms with Crippen molar-refractivity contribution in [2.45, 2.75) is 30.7 Å². The van der Waals surface area contributed by atoms with E-state index in [2.05, 4.69) is 15.6 Å². The van der Waals surface area contributed by atoms with E-state index in [9.17, 15) is 18.0 Å². The molecule has 1 aliphatic heterocycles. The maximum Gasteiger partial charge on any atom is 0.243 e. The van der Waals surface area contributed by atoms with Crippen LogP contribution in [0.3, 0.4) is 0 Å². The number of aryl methyl sites for hydroxylation is 1. The van der Waals surface area contributed by atoms with Crippen molar-refractivity contribution in [3.8, 4) is 0 Å². The summed E-state index contributed by atoms with van der Waals surface area (Å²) in [4.78, 5) is 28.1. The number of nitrogens with zero attached hydrogens (tertiary/aromatic N) is 2. The van der Waals surface area contributed by atoms with Gasteiger partial charge in [0.15, 0.2) is 0 Å². The monoisotopic (exact) mass is 460 g/mol. The van der Waals surface area contributed by atoms with Crippen LogP contribution in [-0.2, 0) is 37.3 Å². The van der Waals surface area contributed by atoms with Gasteiger partial charge in [-0.2, -0.15) is 4.31 Å². The number of aromatic nitrogens is 1. The van der Waals surface area contributed by atoms with Crippen LogP contribution in [-0.4, -0.2) is 62.4 Å². The number of nitrogens with one attached hydrogen (secondary N) is 2. The van der Waals surface area contributed by atoms with E-state index < -0.39 is 10.0 Å². The first-order valence-electron chi connectivity index (χ1n) is 10.5. The van der Waals surface area contributed by atoms with Crippen LogP contribution < -0.4 is 10.6 Å². The van der Waals surface area contributed by atoms with Crippen molar-refractivity contribution in [1.29, 1.82) is 0 Å². The normalized spacial score (nSPS) is 14.6. The number of benzene rings is 1. The average molecular weight is 461 g/mol. The van der Waals surface area contributed by atoms with Crippen LogP contribution in [0.1, 0.15) is 24.0 Å². The SMILES string of the molecule is O=C(CCc1ccc(S(=O)(=O)N2CCOCC2)cc1)NCCC(=O)NCc1ccncc1. The molecule has 0 saturated carbocycles. The van der Waals surface area contributed by atoms with Gasteiger partial charge in [-0.1, -0.05) is 12.1 Å². The van der Waals surface area contributed by atoms with Gasteiger partial charge >= 0.3 is 0 Å².